The predicted molar refractivity (Wildman–Crippen MR) is 97.4 cm³/mol. The molecule has 5 heteroatoms. The number of anilines is 1. The first-order valence-electron chi connectivity index (χ1n) is 7.87. The quantitative estimate of drug-likeness (QED) is 0.849. The summed E-state index contributed by atoms with van der Waals surface area (Å²) in [7, 11) is 0. The van der Waals surface area contributed by atoms with Crippen molar-refractivity contribution in [2.45, 2.75) is 40.0 Å². The Hall–Kier alpha value is -2.69. The zero-order valence-electron chi connectivity index (χ0n) is 14.8. The molecular formula is C19H24N4O. The van der Waals surface area contributed by atoms with Crippen LogP contribution in [-0.4, -0.2) is 15.9 Å². The van der Waals surface area contributed by atoms with Crippen LogP contribution in [0.1, 0.15) is 43.5 Å². The molecule has 0 saturated carbocycles. The summed E-state index contributed by atoms with van der Waals surface area (Å²) in [6.07, 6.45) is 1.24. The summed E-state index contributed by atoms with van der Waals surface area (Å²) in [6, 6.07) is 9.63. The molecule has 1 aromatic carbocycles. The van der Waals surface area contributed by atoms with Gasteiger partial charge < -0.3 is 11.1 Å². The highest BCUT2D eigenvalue weighted by Gasteiger charge is 2.17. The number of nitrogens with zero attached hydrogens (tertiary/aromatic N) is 2. The lowest BCUT2D eigenvalue weighted by atomic mass is 9.87. The maximum Gasteiger partial charge on any atom is 0.260 e. The highest BCUT2D eigenvalue weighted by molar-refractivity contribution is 6.24. The standard InChI is InChI=1S/C19H24N4O/c1-12-10-13(2)22-17(21-12)16(11-20)18(24)23-15-8-6-14(7-9-15)19(3,4)5/h6-11H,20H2,1-5H3,(H,23,24). The Labute approximate surface area is 143 Å². The Bertz CT molecular complexity index is 751. The van der Waals surface area contributed by atoms with Crippen LogP contribution < -0.4 is 11.1 Å². The van der Waals surface area contributed by atoms with Crippen molar-refractivity contribution >= 4 is 17.2 Å². The van der Waals surface area contributed by atoms with Crippen LogP contribution in [-0.2, 0) is 10.2 Å². The van der Waals surface area contributed by atoms with E-state index in [9.17, 15) is 4.79 Å². The van der Waals surface area contributed by atoms with Crippen LogP contribution in [0.4, 0.5) is 5.69 Å². The molecule has 126 valence electrons. The van der Waals surface area contributed by atoms with Gasteiger partial charge in [0.15, 0.2) is 5.82 Å². The Morgan fingerprint density at radius 2 is 1.62 bits per heavy atom. The lowest BCUT2D eigenvalue weighted by Gasteiger charge is -2.19. The third-order valence-electron chi connectivity index (χ3n) is 3.64. The van der Waals surface area contributed by atoms with Gasteiger partial charge >= 0.3 is 0 Å². The maximum atomic E-state index is 12.5. The molecule has 5 nitrogen and oxygen atoms in total. The molecule has 0 aliphatic rings. The Kier molecular flexibility index (Phi) is 5.02. The van der Waals surface area contributed by atoms with Crippen molar-refractivity contribution in [3.63, 3.8) is 0 Å². The summed E-state index contributed by atoms with van der Waals surface area (Å²) in [5.41, 5.74) is 9.45. The summed E-state index contributed by atoms with van der Waals surface area (Å²) in [5.74, 6) is 0.00446. The summed E-state index contributed by atoms with van der Waals surface area (Å²) < 4.78 is 0. The summed E-state index contributed by atoms with van der Waals surface area (Å²) in [4.78, 5) is 21.1. The molecule has 0 bridgehead atoms. The molecule has 1 amide bonds. The second-order valence-corrected chi connectivity index (χ2v) is 6.84. The molecule has 0 radical (unpaired) electrons. The number of nitrogens with one attached hydrogen (secondary N) is 1. The van der Waals surface area contributed by atoms with E-state index in [1.54, 1.807) is 0 Å². The molecule has 0 aliphatic heterocycles. The minimum atomic E-state index is -0.328. The van der Waals surface area contributed by atoms with Gasteiger partial charge in [0.25, 0.3) is 5.91 Å². The molecule has 0 saturated heterocycles. The minimum absolute atomic E-state index is 0.0673. The van der Waals surface area contributed by atoms with Gasteiger partial charge in [-0.25, -0.2) is 9.97 Å². The number of rotatable bonds is 3. The van der Waals surface area contributed by atoms with E-state index in [4.69, 9.17) is 5.73 Å². The van der Waals surface area contributed by atoms with Crippen LogP contribution in [0.15, 0.2) is 36.5 Å². The molecule has 0 spiro atoms. The van der Waals surface area contributed by atoms with Gasteiger partial charge in [-0.05, 0) is 43.0 Å². The predicted octanol–water partition coefficient (Wildman–Crippen LogP) is 3.33. The Morgan fingerprint density at radius 3 is 2.08 bits per heavy atom. The van der Waals surface area contributed by atoms with Crippen LogP contribution in [0.5, 0.6) is 0 Å². The lowest BCUT2D eigenvalue weighted by molar-refractivity contribution is -0.111. The second-order valence-electron chi connectivity index (χ2n) is 6.84. The van der Waals surface area contributed by atoms with Crippen molar-refractivity contribution < 1.29 is 4.79 Å². The van der Waals surface area contributed by atoms with Crippen LogP contribution in [0.25, 0.3) is 5.57 Å². The molecule has 24 heavy (non-hydrogen) atoms. The maximum absolute atomic E-state index is 12.5. The van der Waals surface area contributed by atoms with E-state index in [0.29, 0.717) is 11.5 Å². The van der Waals surface area contributed by atoms with Crippen LogP contribution in [0, 0.1) is 13.8 Å². The van der Waals surface area contributed by atoms with Crippen LogP contribution >= 0.6 is 0 Å². The van der Waals surface area contributed by atoms with E-state index in [1.807, 2.05) is 44.2 Å². The second kappa shape index (κ2) is 6.83. The third-order valence-corrected chi connectivity index (χ3v) is 3.64. The number of benzene rings is 1. The highest BCUT2D eigenvalue weighted by Crippen LogP contribution is 2.24. The zero-order valence-corrected chi connectivity index (χ0v) is 14.8. The molecule has 3 N–H and O–H groups in total. The van der Waals surface area contributed by atoms with Crippen molar-refractivity contribution in [3.05, 3.63) is 59.3 Å². The van der Waals surface area contributed by atoms with E-state index in [-0.39, 0.29) is 16.9 Å². The van der Waals surface area contributed by atoms with E-state index in [1.165, 1.54) is 11.8 Å². The molecule has 0 aliphatic carbocycles. The number of hydrogen-bond donors (Lipinski definition) is 2. The first-order valence-corrected chi connectivity index (χ1v) is 7.87. The topological polar surface area (TPSA) is 80.9 Å². The highest BCUT2D eigenvalue weighted by atomic mass is 16.1. The van der Waals surface area contributed by atoms with E-state index in [0.717, 1.165) is 11.4 Å². The van der Waals surface area contributed by atoms with Gasteiger partial charge in [0.05, 0.1) is 5.57 Å². The normalized spacial score (nSPS) is 12.1. The smallest absolute Gasteiger partial charge is 0.260 e. The van der Waals surface area contributed by atoms with Gasteiger partial charge in [-0.3, -0.25) is 4.79 Å². The first-order chi connectivity index (χ1) is 11.2. The largest absolute Gasteiger partial charge is 0.404 e. The molecule has 0 atom stereocenters. The number of hydrogen-bond acceptors (Lipinski definition) is 4. The van der Waals surface area contributed by atoms with Gasteiger partial charge in [-0.1, -0.05) is 32.9 Å². The fraction of sp³-hybridized carbons (Fsp3) is 0.316. The summed E-state index contributed by atoms with van der Waals surface area (Å²) in [6.45, 7) is 10.2. The molecule has 2 rings (SSSR count). The third kappa shape index (κ3) is 4.19. The number of aromatic nitrogens is 2. The fourth-order valence-corrected chi connectivity index (χ4v) is 2.35. The summed E-state index contributed by atoms with van der Waals surface area (Å²) in [5, 5.41) is 2.84. The van der Waals surface area contributed by atoms with Gasteiger partial charge in [-0.2, -0.15) is 0 Å². The van der Waals surface area contributed by atoms with E-state index >= 15 is 0 Å². The van der Waals surface area contributed by atoms with Crippen molar-refractivity contribution in [3.8, 4) is 0 Å². The average Bonchev–Trinajstić information content (AvgIpc) is 2.46. The number of nitrogens with two attached hydrogens (primary N) is 1. The molecule has 0 unspecified atom stereocenters. The minimum Gasteiger partial charge on any atom is -0.404 e. The molecule has 1 aromatic heterocycles. The van der Waals surface area contributed by atoms with Gasteiger partial charge in [0, 0.05) is 23.3 Å². The van der Waals surface area contributed by atoms with E-state index < -0.39 is 0 Å². The lowest BCUT2D eigenvalue weighted by Crippen LogP contribution is -2.17. The Balaban J connectivity index is 2.21. The van der Waals surface area contributed by atoms with Crippen molar-refractivity contribution in [2.24, 2.45) is 5.73 Å². The number of amides is 1. The van der Waals surface area contributed by atoms with Gasteiger partial charge in [0.1, 0.15) is 0 Å². The number of carbonyl (C=O) groups excluding carboxylic acids is 1. The van der Waals surface area contributed by atoms with Gasteiger partial charge in [-0.15, -0.1) is 0 Å². The molecule has 1 heterocycles. The average molecular weight is 324 g/mol. The van der Waals surface area contributed by atoms with Crippen LogP contribution in [0.3, 0.4) is 0 Å². The van der Waals surface area contributed by atoms with Crippen molar-refractivity contribution in [2.75, 3.05) is 5.32 Å². The first kappa shape index (κ1) is 17.7. The van der Waals surface area contributed by atoms with Gasteiger partial charge in [0.2, 0.25) is 0 Å². The molecule has 0 fully saturated rings. The zero-order chi connectivity index (χ0) is 17.9. The van der Waals surface area contributed by atoms with E-state index in [2.05, 4.69) is 36.1 Å². The van der Waals surface area contributed by atoms with Crippen molar-refractivity contribution in [1.82, 2.24) is 9.97 Å². The number of carbonyl (C=O) groups is 1. The van der Waals surface area contributed by atoms with Crippen LogP contribution in [0.2, 0.25) is 0 Å². The molecular weight excluding hydrogens is 300 g/mol. The molecule has 2 aromatic rings. The monoisotopic (exact) mass is 324 g/mol. The number of aryl methyl sites for hydroxylation is 2. The fourth-order valence-electron chi connectivity index (χ4n) is 2.35. The SMILES string of the molecule is Cc1cc(C)nc(C(=CN)C(=O)Nc2ccc(C(C)(C)C)cc2)n1. The summed E-state index contributed by atoms with van der Waals surface area (Å²) >= 11 is 0. The van der Waals surface area contributed by atoms with Crippen molar-refractivity contribution in [1.29, 1.82) is 0 Å². The Morgan fingerprint density at radius 1 is 1.08 bits per heavy atom.